The molecule has 3 aliphatic rings. The normalized spacial score (nSPS) is 24.4. The Hall–Kier alpha value is -3.19. The van der Waals surface area contributed by atoms with Gasteiger partial charge in [0.25, 0.3) is 0 Å². The topological polar surface area (TPSA) is 85.1 Å². The molecule has 2 N–H and O–H groups in total. The van der Waals surface area contributed by atoms with Gasteiger partial charge in [-0.2, -0.15) is 5.10 Å². The van der Waals surface area contributed by atoms with Crippen LogP contribution in [0.25, 0.3) is 28.0 Å². The van der Waals surface area contributed by atoms with E-state index < -0.39 is 0 Å². The van der Waals surface area contributed by atoms with Gasteiger partial charge in [-0.3, -0.25) is 4.68 Å². The largest absolute Gasteiger partial charge is 0.507 e. The Kier molecular flexibility index (Phi) is 4.31. The molecule has 0 saturated carbocycles. The number of benzene rings is 1. The minimum atomic E-state index is 0.164. The molecule has 7 nitrogen and oxygen atoms in total. The molecular formula is C24H25N5O2. The minimum Gasteiger partial charge on any atom is -0.507 e. The van der Waals surface area contributed by atoms with E-state index in [1.165, 1.54) is 18.4 Å². The first-order valence-corrected chi connectivity index (χ1v) is 10.9. The van der Waals surface area contributed by atoms with Gasteiger partial charge in [0.05, 0.1) is 6.20 Å². The van der Waals surface area contributed by atoms with E-state index in [1.807, 2.05) is 31.4 Å². The average molecular weight is 415 g/mol. The van der Waals surface area contributed by atoms with E-state index in [0.29, 0.717) is 35.9 Å². The molecule has 7 heteroatoms. The number of hydrogen-bond acceptors (Lipinski definition) is 6. The van der Waals surface area contributed by atoms with Crippen LogP contribution in [0.3, 0.4) is 0 Å². The number of nitrogens with one attached hydrogen (secondary N) is 1. The Morgan fingerprint density at radius 1 is 1.10 bits per heavy atom. The minimum absolute atomic E-state index is 0.164. The smallest absolute Gasteiger partial charge is 0.149 e. The number of aryl methyl sites for hydroxylation is 1. The molecule has 0 amide bonds. The molecular weight excluding hydrogens is 390 g/mol. The first-order valence-electron chi connectivity index (χ1n) is 10.9. The van der Waals surface area contributed by atoms with Gasteiger partial charge in [-0.25, -0.2) is 0 Å². The summed E-state index contributed by atoms with van der Waals surface area (Å²) in [7, 11) is 1.87. The highest BCUT2D eigenvalue weighted by molar-refractivity contribution is 5.77. The quantitative estimate of drug-likeness (QED) is 0.680. The molecule has 3 aromatic rings. The predicted molar refractivity (Wildman–Crippen MR) is 117 cm³/mol. The summed E-state index contributed by atoms with van der Waals surface area (Å²) in [4.78, 5) is 0. The maximum absolute atomic E-state index is 10.7. The standard InChI is InChI=1S/C24H25N5O2/c1-29-13-16(12-25-29)14-2-5-20(22(30)10-14)21-11-23-24(28-27-21)19(6-7-31-23)15-8-17-3-4-18(9-15)26-17/h2,5-6,10-13,15,17-18,26,30H,3-4,7-9H2,1H3/t15-,17-,18+. The SMILES string of the molecule is Cn1cc(-c2ccc(-c3cc4c(nn3)C([C@@H]3C[C@H]5CC[C@@H](C3)N5)=CCO4)c(O)c2)cn1. The fourth-order valence-corrected chi connectivity index (χ4v) is 5.30. The summed E-state index contributed by atoms with van der Waals surface area (Å²) in [5.74, 6) is 1.43. The van der Waals surface area contributed by atoms with Crippen LogP contribution in [0, 0.1) is 5.92 Å². The van der Waals surface area contributed by atoms with E-state index in [-0.39, 0.29) is 5.75 Å². The fourth-order valence-electron chi connectivity index (χ4n) is 5.30. The van der Waals surface area contributed by atoms with Crippen LogP contribution in [0.2, 0.25) is 0 Å². The van der Waals surface area contributed by atoms with Crippen LogP contribution < -0.4 is 10.1 Å². The average Bonchev–Trinajstić information content (AvgIpc) is 3.37. The number of phenolic OH excluding ortho intramolecular Hbond substituents is 1. The van der Waals surface area contributed by atoms with E-state index >= 15 is 0 Å². The summed E-state index contributed by atoms with van der Waals surface area (Å²) in [6.07, 6.45) is 10.7. The van der Waals surface area contributed by atoms with Gasteiger partial charge in [0.2, 0.25) is 0 Å². The second-order valence-corrected chi connectivity index (χ2v) is 8.85. The van der Waals surface area contributed by atoms with Gasteiger partial charge in [-0.15, -0.1) is 10.2 Å². The number of rotatable bonds is 3. The van der Waals surface area contributed by atoms with Crippen molar-refractivity contribution < 1.29 is 9.84 Å². The maximum atomic E-state index is 10.7. The Morgan fingerprint density at radius 3 is 2.68 bits per heavy atom. The molecule has 0 unspecified atom stereocenters. The summed E-state index contributed by atoms with van der Waals surface area (Å²) in [6.45, 7) is 0.554. The molecule has 2 aromatic heterocycles. The number of hydrogen-bond donors (Lipinski definition) is 2. The van der Waals surface area contributed by atoms with Crippen LogP contribution in [0.5, 0.6) is 11.5 Å². The zero-order chi connectivity index (χ0) is 20.9. The van der Waals surface area contributed by atoms with Crippen molar-refractivity contribution in [2.24, 2.45) is 13.0 Å². The third-order valence-corrected chi connectivity index (χ3v) is 6.80. The highest BCUT2D eigenvalue weighted by Gasteiger charge is 2.37. The summed E-state index contributed by atoms with van der Waals surface area (Å²) in [5.41, 5.74) is 5.24. The van der Waals surface area contributed by atoms with Gasteiger partial charge in [-0.05, 0) is 60.9 Å². The summed E-state index contributed by atoms with van der Waals surface area (Å²) < 4.78 is 7.67. The van der Waals surface area contributed by atoms with Gasteiger partial charge in [0, 0.05) is 42.5 Å². The lowest BCUT2D eigenvalue weighted by Crippen LogP contribution is -2.38. The number of fused-ring (bicyclic) bond motifs is 3. The third kappa shape index (κ3) is 3.29. The van der Waals surface area contributed by atoms with E-state index in [2.05, 4.69) is 26.7 Å². The van der Waals surface area contributed by atoms with Crippen molar-refractivity contribution in [1.82, 2.24) is 25.3 Å². The van der Waals surface area contributed by atoms with E-state index in [1.54, 1.807) is 16.9 Å². The van der Waals surface area contributed by atoms with Crippen LogP contribution in [0.1, 0.15) is 31.4 Å². The van der Waals surface area contributed by atoms with E-state index in [9.17, 15) is 5.11 Å². The summed E-state index contributed by atoms with van der Waals surface area (Å²) in [6, 6.07) is 8.73. The molecule has 31 heavy (non-hydrogen) atoms. The summed E-state index contributed by atoms with van der Waals surface area (Å²) in [5, 5.41) is 27.6. The number of allylic oxidation sites excluding steroid dienone is 1. The van der Waals surface area contributed by atoms with Crippen LogP contribution in [0.15, 0.2) is 42.7 Å². The molecule has 3 aliphatic heterocycles. The lowest BCUT2D eigenvalue weighted by atomic mass is 9.83. The van der Waals surface area contributed by atoms with E-state index in [4.69, 9.17) is 4.74 Å². The van der Waals surface area contributed by atoms with Gasteiger partial charge >= 0.3 is 0 Å². The van der Waals surface area contributed by atoms with Crippen molar-refractivity contribution in [3.63, 3.8) is 0 Å². The number of piperidine rings is 1. The highest BCUT2D eigenvalue weighted by atomic mass is 16.5. The monoisotopic (exact) mass is 415 g/mol. The third-order valence-electron chi connectivity index (χ3n) is 6.80. The molecule has 3 atom stereocenters. The van der Waals surface area contributed by atoms with Gasteiger partial charge in [-0.1, -0.05) is 6.07 Å². The Labute approximate surface area is 180 Å². The lowest BCUT2D eigenvalue weighted by molar-refractivity contribution is 0.331. The molecule has 0 radical (unpaired) electrons. The number of aromatic nitrogens is 4. The Morgan fingerprint density at radius 2 is 1.94 bits per heavy atom. The van der Waals surface area contributed by atoms with Crippen molar-refractivity contribution in [1.29, 1.82) is 0 Å². The first kappa shape index (κ1) is 18.6. The number of nitrogens with zero attached hydrogens (tertiary/aromatic N) is 4. The molecule has 6 rings (SSSR count). The maximum Gasteiger partial charge on any atom is 0.149 e. The summed E-state index contributed by atoms with van der Waals surface area (Å²) >= 11 is 0. The van der Waals surface area contributed by atoms with Gasteiger partial charge in [0.15, 0.2) is 0 Å². The van der Waals surface area contributed by atoms with Crippen molar-refractivity contribution in [2.75, 3.05) is 6.61 Å². The second-order valence-electron chi connectivity index (χ2n) is 8.85. The van der Waals surface area contributed by atoms with Gasteiger partial charge < -0.3 is 15.2 Å². The Balaban J connectivity index is 1.30. The zero-order valence-corrected chi connectivity index (χ0v) is 17.5. The lowest BCUT2D eigenvalue weighted by Gasteiger charge is -2.32. The molecule has 0 aliphatic carbocycles. The van der Waals surface area contributed by atoms with Crippen molar-refractivity contribution >= 4 is 5.57 Å². The Bertz CT molecular complexity index is 1170. The van der Waals surface area contributed by atoms with Crippen LogP contribution in [0.4, 0.5) is 0 Å². The molecule has 158 valence electrons. The van der Waals surface area contributed by atoms with Crippen LogP contribution >= 0.6 is 0 Å². The molecule has 1 aromatic carbocycles. The van der Waals surface area contributed by atoms with Gasteiger partial charge in [0.1, 0.15) is 29.5 Å². The molecule has 2 fully saturated rings. The molecule has 2 bridgehead atoms. The number of aromatic hydroxyl groups is 1. The molecule has 2 saturated heterocycles. The first-order chi connectivity index (χ1) is 15.1. The van der Waals surface area contributed by atoms with Crippen LogP contribution in [-0.4, -0.2) is 43.8 Å². The van der Waals surface area contributed by atoms with Crippen molar-refractivity contribution in [3.05, 3.63) is 48.4 Å². The number of phenols is 1. The molecule has 0 spiro atoms. The zero-order valence-electron chi connectivity index (χ0n) is 17.5. The van der Waals surface area contributed by atoms with Crippen molar-refractivity contribution in [3.8, 4) is 33.9 Å². The van der Waals surface area contributed by atoms with Crippen LogP contribution in [-0.2, 0) is 7.05 Å². The van der Waals surface area contributed by atoms with Crippen molar-refractivity contribution in [2.45, 2.75) is 37.8 Å². The second kappa shape index (κ2) is 7.20. The molecule has 5 heterocycles. The predicted octanol–water partition coefficient (Wildman–Crippen LogP) is 3.56. The number of ether oxygens (including phenoxy) is 1. The van der Waals surface area contributed by atoms with E-state index in [0.717, 1.165) is 35.4 Å². The highest BCUT2D eigenvalue weighted by Crippen LogP contribution is 2.43. The fraction of sp³-hybridized carbons (Fsp3) is 0.375.